The topological polar surface area (TPSA) is 131 Å². The van der Waals surface area contributed by atoms with E-state index in [0.29, 0.717) is 34.2 Å². The number of H-pyrrole nitrogens is 1. The number of benzene rings is 3. The first-order valence-corrected chi connectivity index (χ1v) is 13.0. The van der Waals surface area contributed by atoms with Crippen molar-refractivity contribution in [3.8, 4) is 23.3 Å². The van der Waals surface area contributed by atoms with Crippen molar-refractivity contribution >= 4 is 32.5 Å². The predicted molar refractivity (Wildman–Crippen MR) is 139 cm³/mol. The van der Waals surface area contributed by atoms with Gasteiger partial charge >= 0.3 is 0 Å². The van der Waals surface area contributed by atoms with Gasteiger partial charge in [-0.1, -0.05) is 19.1 Å². The highest BCUT2D eigenvalue weighted by atomic mass is 32.2. The van der Waals surface area contributed by atoms with Crippen LogP contribution in [-0.4, -0.2) is 39.3 Å². The number of ether oxygens (including phenoxy) is 3. The maximum Gasteiger partial charge on any atom is 0.271 e. The molecular weight excluding hydrogens is 494 g/mol. The molecule has 190 valence electrons. The number of nitrogens with zero attached hydrogens (tertiary/aromatic N) is 1. The molecule has 2 N–H and O–H groups in total. The normalized spacial score (nSPS) is 11.9. The minimum atomic E-state index is -3.40. The smallest absolute Gasteiger partial charge is 0.271 e. The van der Waals surface area contributed by atoms with Crippen molar-refractivity contribution in [2.75, 3.05) is 25.3 Å². The van der Waals surface area contributed by atoms with Crippen molar-refractivity contribution in [3.05, 3.63) is 77.9 Å². The van der Waals surface area contributed by atoms with Gasteiger partial charge in [0, 0.05) is 17.0 Å². The summed E-state index contributed by atoms with van der Waals surface area (Å²) in [6.07, 6.45) is -1.11. The number of hydrogen-bond donors (Lipinski definition) is 2. The van der Waals surface area contributed by atoms with E-state index in [4.69, 9.17) is 19.5 Å². The Morgan fingerprint density at radius 1 is 1.00 bits per heavy atom. The van der Waals surface area contributed by atoms with E-state index in [9.17, 15) is 13.2 Å². The molecule has 10 heteroatoms. The molecule has 0 spiro atoms. The molecule has 1 amide bonds. The summed E-state index contributed by atoms with van der Waals surface area (Å²) in [4.78, 5) is 16.7. The van der Waals surface area contributed by atoms with Gasteiger partial charge in [0.2, 0.25) is 6.10 Å². The Kier molecular flexibility index (Phi) is 7.36. The lowest BCUT2D eigenvalue weighted by Crippen LogP contribution is -2.26. The zero-order chi connectivity index (χ0) is 26.6. The molecule has 37 heavy (non-hydrogen) atoms. The third kappa shape index (κ3) is 5.52. The van der Waals surface area contributed by atoms with Crippen molar-refractivity contribution in [1.82, 2.24) is 4.98 Å². The number of carbonyl (C=O) groups is 1. The van der Waals surface area contributed by atoms with E-state index in [1.807, 2.05) is 6.07 Å². The number of sulfone groups is 1. The fraction of sp³-hybridized carbons (Fsp3) is 0.185. The Labute approximate surface area is 214 Å². The monoisotopic (exact) mass is 519 g/mol. The molecule has 3 aromatic carbocycles. The van der Waals surface area contributed by atoms with E-state index in [-0.39, 0.29) is 10.6 Å². The predicted octanol–water partition coefficient (Wildman–Crippen LogP) is 4.61. The molecule has 0 bridgehead atoms. The van der Waals surface area contributed by atoms with Gasteiger partial charge in [-0.3, -0.25) is 4.79 Å². The van der Waals surface area contributed by atoms with E-state index in [1.165, 1.54) is 19.2 Å². The van der Waals surface area contributed by atoms with Crippen LogP contribution < -0.4 is 19.5 Å². The summed E-state index contributed by atoms with van der Waals surface area (Å²) in [5.74, 6) is 1.37. The summed E-state index contributed by atoms with van der Waals surface area (Å²) < 4.78 is 41.1. The number of hydrogen-bond acceptors (Lipinski definition) is 7. The van der Waals surface area contributed by atoms with Crippen molar-refractivity contribution in [2.24, 2.45) is 0 Å². The molecule has 0 aliphatic rings. The first kappa shape index (κ1) is 25.6. The molecule has 0 saturated carbocycles. The van der Waals surface area contributed by atoms with Gasteiger partial charge in [0.25, 0.3) is 5.91 Å². The Morgan fingerprint density at radius 3 is 2.24 bits per heavy atom. The fourth-order valence-corrected chi connectivity index (χ4v) is 4.64. The number of rotatable bonds is 9. The zero-order valence-corrected chi connectivity index (χ0v) is 21.3. The highest BCUT2D eigenvalue weighted by Gasteiger charge is 2.25. The summed E-state index contributed by atoms with van der Waals surface area (Å²) in [6, 6.07) is 19.7. The van der Waals surface area contributed by atoms with Crippen LogP contribution in [0.5, 0.6) is 17.2 Å². The molecule has 1 unspecified atom stereocenters. The number of anilines is 1. The SMILES string of the molecule is CCS(=O)(=O)c1ccc(C(Oc2ccc(C#N)cc2)C(=O)Nc2cc3cc(OC)c(OC)cc3[nH]2)cc1. The van der Waals surface area contributed by atoms with Crippen molar-refractivity contribution in [2.45, 2.75) is 17.9 Å². The molecule has 0 saturated heterocycles. The van der Waals surface area contributed by atoms with Gasteiger partial charge in [-0.25, -0.2) is 8.42 Å². The first-order chi connectivity index (χ1) is 17.8. The summed E-state index contributed by atoms with van der Waals surface area (Å²) >= 11 is 0. The quantitative estimate of drug-likeness (QED) is 0.330. The number of nitrogens with one attached hydrogen (secondary N) is 2. The van der Waals surface area contributed by atoms with Gasteiger partial charge < -0.3 is 24.5 Å². The van der Waals surface area contributed by atoms with Crippen LogP contribution in [0.25, 0.3) is 10.9 Å². The first-order valence-electron chi connectivity index (χ1n) is 11.3. The molecule has 0 aliphatic heterocycles. The van der Waals surface area contributed by atoms with Crippen molar-refractivity contribution in [3.63, 3.8) is 0 Å². The van der Waals surface area contributed by atoms with Crippen molar-refractivity contribution in [1.29, 1.82) is 5.26 Å². The summed E-state index contributed by atoms with van der Waals surface area (Å²) in [5, 5.41) is 12.7. The third-order valence-electron chi connectivity index (χ3n) is 5.78. The second-order valence-corrected chi connectivity index (χ2v) is 10.4. The largest absolute Gasteiger partial charge is 0.493 e. The van der Waals surface area contributed by atoms with Gasteiger partial charge in [0.05, 0.1) is 42.0 Å². The van der Waals surface area contributed by atoms with Crippen LogP contribution in [0.1, 0.15) is 24.2 Å². The van der Waals surface area contributed by atoms with Gasteiger partial charge in [-0.2, -0.15) is 5.26 Å². The van der Waals surface area contributed by atoms with Gasteiger partial charge in [-0.05, 0) is 48.5 Å². The number of aromatic amines is 1. The molecule has 4 rings (SSSR count). The minimum absolute atomic E-state index is 0.0338. The molecule has 0 fully saturated rings. The molecule has 1 aromatic heterocycles. The molecule has 1 atom stereocenters. The molecule has 4 aromatic rings. The lowest BCUT2D eigenvalue weighted by atomic mass is 10.1. The highest BCUT2D eigenvalue weighted by Crippen LogP contribution is 2.33. The number of fused-ring (bicyclic) bond motifs is 1. The van der Waals surface area contributed by atoms with E-state index in [1.54, 1.807) is 68.6 Å². The van der Waals surface area contributed by atoms with Crippen LogP contribution in [0, 0.1) is 11.3 Å². The Morgan fingerprint density at radius 2 is 1.65 bits per heavy atom. The summed E-state index contributed by atoms with van der Waals surface area (Å²) in [7, 11) is -0.318. The second-order valence-electron chi connectivity index (χ2n) is 8.07. The van der Waals surface area contributed by atoms with Crippen LogP contribution in [0.2, 0.25) is 0 Å². The van der Waals surface area contributed by atoms with E-state index in [2.05, 4.69) is 10.3 Å². The van der Waals surface area contributed by atoms with Gasteiger partial charge in [-0.15, -0.1) is 0 Å². The average molecular weight is 520 g/mol. The number of amides is 1. The molecular formula is C27H25N3O6S. The van der Waals surface area contributed by atoms with Gasteiger partial charge in [0.1, 0.15) is 11.6 Å². The molecule has 0 aliphatic carbocycles. The lowest BCUT2D eigenvalue weighted by Gasteiger charge is -2.19. The Hall–Kier alpha value is -4.49. The second kappa shape index (κ2) is 10.6. The lowest BCUT2D eigenvalue weighted by molar-refractivity contribution is -0.123. The number of nitriles is 1. The van der Waals surface area contributed by atoms with E-state index in [0.717, 1.165) is 10.9 Å². The van der Waals surface area contributed by atoms with Crippen LogP contribution in [0.3, 0.4) is 0 Å². The van der Waals surface area contributed by atoms with Crippen LogP contribution in [-0.2, 0) is 14.6 Å². The molecule has 0 radical (unpaired) electrons. The number of methoxy groups -OCH3 is 2. The van der Waals surface area contributed by atoms with E-state index < -0.39 is 21.8 Å². The standard InChI is InChI=1S/C27H25N3O6S/c1-4-37(32,33)21-11-7-18(8-12-21)26(36-20-9-5-17(16-28)6-10-20)27(31)30-25-14-19-13-23(34-2)24(35-3)15-22(19)29-25/h5-15,26,29H,4H2,1-3H3,(H,30,31). The maximum absolute atomic E-state index is 13.4. The fourth-order valence-electron chi connectivity index (χ4n) is 3.76. The average Bonchev–Trinajstić information content (AvgIpc) is 3.32. The van der Waals surface area contributed by atoms with Crippen LogP contribution >= 0.6 is 0 Å². The maximum atomic E-state index is 13.4. The summed E-state index contributed by atoms with van der Waals surface area (Å²) in [6.45, 7) is 1.57. The Bertz CT molecular complexity index is 1530. The zero-order valence-electron chi connectivity index (χ0n) is 20.4. The van der Waals surface area contributed by atoms with Crippen LogP contribution in [0.4, 0.5) is 5.82 Å². The number of aromatic nitrogens is 1. The summed E-state index contributed by atoms with van der Waals surface area (Å²) in [5.41, 5.74) is 1.63. The van der Waals surface area contributed by atoms with E-state index >= 15 is 0 Å². The van der Waals surface area contributed by atoms with Crippen molar-refractivity contribution < 1.29 is 27.4 Å². The Balaban J connectivity index is 1.66. The highest BCUT2D eigenvalue weighted by molar-refractivity contribution is 7.91. The minimum Gasteiger partial charge on any atom is -0.493 e. The molecule has 1 heterocycles. The third-order valence-corrected chi connectivity index (χ3v) is 7.53. The van der Waals surface area contributed by atoms with Crippen LogP contribution in [0.15, 0.2) is 71.6 Å². The molecule has 9 nitrogen and oxygen atoms in total. The van der Waals surface area contributed by atoms with Gasteiger partial charge in [0.15, 0.2) is 21.3 Å². The number of carbonyl (C=O) groups excluding carboxylic acids is 1.